The topological polar surface area (TPSA) is 93.1 Å². The normalized spacial score (nSPS) is 20.5. The number of hydrogen-bond donors (Lipinski definition) is 1. The number of aliphatic hydroxyl groups is 1. The van der Waals surface area contributed by atoms with Crippen LogP contribution < -0.4 is 0 Å². The molecule has 7 nitrogen and oxygen atoms in total. The lowest BCUT2D eigenvalue weighted by Gasteiger charge is -2.50. The first kappa shape index (κ1) is 19.9. The average molecular weight is 363 g/mol. The van der Waals surface area contributed by atoms with E-state index in [0.29, 0.717) is 6.42 Å². The third-order valence-corrected chi connectivity index (χ3v) is 4.45. The largest absolute Gasteiger partial charge is 0.466 e. The molecule has 1 aliphatic heterocycles. The number of β-lactam (4-membered cyclic amide) rings is 1. The second kappa shape index (κ2) is 8.80. The van der Waals surface area contributed by atoms with Gasteiger partial charge in [0, 0.05) is 19.4 Å². The van der Waals surface area contributed by atoms with Crippen LogP contribution in [0.2, 0.25) is 0 Å². The number of hydrogen-bond acceptors (Lipinski definition) is 6. The van der Waals surface area contributed by atoms with Crippen LogP contribution in [0.1, 0.15) is 32.8 Å². The van der Waals surface area contributed by atoms with E-state index in [2.05, 4.69) is 0 Å². The molecule has 0 radical (unpaired) electrons. The first-order valence-corrected chi connectivity index (χ1v) is 8.67. The van der Waals surface area contributed by atoms with E-state index in [4.69, 9.17) is 9.47 Å². The second-order valence-electron chi connectivity index (χ2n) is 6.68. The number of carbonyl (C=O) groups excluding carboxylic acids is 3. The van der Waals surface area contributed by atoms with Crippen LogP contribution in [0.4, 0.5) is 0 Å². The summed E-state index contributed by atoms with van der Waals surface area (Å²) < 4.78 is 10.0. The molecule has 1 aromatic rings. The van der Waals surface area contributed by atoms with E-state index in [-0.39, 0.29) is 37.0 Å². The van der Waals surface area contributed by atoms with Gasteiger partial charge in [0.2, 0.25) is 12.1 Å². The van der Waals surface area contributed by atoms with Crippen molar-refractivity contribution in [3.63, 3.8) is 0 Å². The summed E-state index contributed by atoms with van der Waals surface area (Å²) in [6.07, 6.45) is -1.31. The molecule has 3 atom stereocenters. The molecule has 1 saturated heterocycles. The van der Waals surface area contributed by atoms with Crippen molar-refractivity contribution in [1.82, 2.24) is 4.90 Å². The monoisotopic (exact) mass is 363 g/mol. The van der Waals surface area contributed by atoms with Crippen LogP contribution in [0.25, 0.3) is 0 Å². The molecule has 7 heteroatoms. The van der Waals surface area contributed by atoms with Gasteiger partial charge in [-0.3, -0.25) is 9.59 Å². The SMILES string of the molecule is CC(=O)OCCC1C(C(C)C)C(=O)N1C(O)C(=O)OCc1ccccc1. The molecule has 1 aliphatic rings. The van der Waals surface area contributed by atoms with Gasteiger partial charge in [-0.25, -0.2) is 4.79 Å². The first-order valence-electron chi connectivity index (χ1n) is 8.67. The zero-order valence-electron chi connectivity index (χ0n) is 15.3. The summed E-state index contributed by atoms with van der Waals surface area (Å²) in [6, 6.07) is 8.70. The van der Waals surface area contributed by atoms with Gasteiger partial charge in [-0.2, -0.15) is 0 Å². The summed E-state index contributed by atoms with van der Waals surface area (Å²) in [6.45, 7) is 5.25. The lowest BCUT2D eigenvalue weighted by molar-refractivity contribution is -0.196. The van der Waals surface area contributed by atoms with E-state index in [1.54, 1.807) is 12.1 Å². The molecule has 2 rings (SSSR count). The van der Waals surface area contributed by atoms with E-state index in [0.717, 1.165) is 10.5 Å². The molecular formula is C19H25NO6. The zero-order chi connectivity index (χ0) is 19.3. The van der Waals surface area contributed by atoms with E-state index in [1.807, 2.05) is 32.0 Å². The minimum Gasteiger partial charge on any atom is -0.466 e. The number of nitrogens with zero attached hydrogens (tertiary/aromatic N) is 1. The van der Waals surface area contributed by atoms with Crippen molar-refractivity contribution in [3.05, 3.63) is 35.9 Å². The highest BCUT2D eigenvalue weighted by Gasteiger charge is 2.52. The van der Waals surface area contributed by atoms with Crippen LogP contribution in [0.15, 0.2) is 30.3 Å². The van der Waals surface area contributed by atoms with Crippen LogP contribution in [0.5, 0.6) is 0 Å². The molecule has 142 valence electrons. The fraction of sp³-hybridized carbons (Fsp3) is 0.526. The number of benzene rings is 1. The number of carbonyl (C=O) groups is 3. The molecule has 26 heavy (non-hydrogen) atoms. The Labute approximate surface area is 152 Å². The number of esters is 2. The number of ether oxygens (including phenoxy) is 2. The highest BCUT2D eigenvalue weighted by Crippen LogP contribution is 2.36. The molecular weight excluding hydrogens is 338 g/mol. The minimum atomic E-state index is -1.66. The van der Waals surface area contributed by atoms with Crippen LogP contribution in [-0.4, -0.2) is 46.7 Å². The van der Waals surface area contributed by atoms with Crippen molar-refractivity contribution in [3.8, 4) is 0 Å². The van der Waals surface area contributed by atoms with Crippen LogP contribution in [-0.2, 0) is 30.5 Å². The van der Waals surface area contributed by atoms with Crippen LogP contribution >= 0.6 is 0 Å². The third-order valence-electron chi connectivity index (χ3n) is 4.45. The Morgan fingerprint density at radius 2 is 1.85 bits per heavy atom. The molecule has 1 amide bonds. The van der Waals surface area contributed by atoms with Crippen molar-refractivity contribution >= 4 is 17.8 Å². The molecule has 1 heterocycles. The molecule has 0 spiro atoms. The molecule has 0 aliphatic carbocycles. The Bertz CT molecular complexity index is 645. The van der Waals surface area contributed by atoms with E-state index in [1.165, 1.54) is 6.92 Å². The maximum Gasteiger partial charge on any atom is 0.356 e. The summed E-state index contributed by atoms with van der Waals surface area (Å²) in [7, 11) is 0. The number of aliphatic hydroxyl groups excluding tert-OH is 1. The Balaban J connectivity index is 1.97. The quantitative estimate of drug-likeness (QED) is 0.556. The van der Waals surface area contributed by atoms with Gasteiger partial charge in [0.25, 0.3) is 0 Å². The Hall–Kier alpha value is -2.41. The highest BCUT2D eigenvalue weighted by atomic mass is 16.6. The summed E-state index contributed by atoms with van der Waals surface area (Å²) >= 11 is 0. The van der Waals surface area contributed by atoms with Crippen molar-refractivity contribution in [2.24, 2.45) is 11.8 Å². The summed E-state index contributed by atoms with van der Waals surface area (Å²) in [5.74, 6) is -1.85. The molecule has 1 N–H and O–H groups in total. The van der Waals surface area contributed by atoms with Gasteiger partial charge in [0.05, 0.1) is 12.5 Å². The Morgan fingerprint density at radius 3 is 2.42 bits per heavy atom. The molecule has 1 fully saturated rings. The van der Waals surface area contributed by atoms with Crippen LogP contribution in [0.3, 0.4) is 0 Å². The lowest BCUT2D eigenvalue weighted by Crippen LogP contribution is -2.67. The first-order chi connectivity index (χ1) is 12.3. The van der Waals surface area contributed by atoms with E-state index >= 15 is 0 Å². The van der Waals surface area contributed by atoms with Gasteiger partial charge < -0.3 is 19.5 Å². The highest BCUT2D eigenvalue weighted by molar-refractivity contribution is 5.90. The van der Waals surface area contributed by atoms with Gasteiger partial charge in [-0.1, -0.05) is 44.2 Å². The molecule has 0 saturated carbocycles. The van der Waals surface area contributed by atoms with Crippen molar-refractivity contribution in [2.45, 2.75) is 46.1 Å². The number of amides is 1. The van der Waals surface area contributed by atoms with E-state index < -0.39 is 18.2 Å². The Morgan fingerprint density at radius 1 is 1.19 bits per heavy atom. The van der Waals surface area contributed by atoms with Crippen LogP contribution in [0, 0.1) is 11.8 Å². The fourth-order valence-corrected chi connectivity index (χ4v) is 3.18. The van der Waals surface area contributed by atoms with Crippen molar-refractivity contribution < 1.29 is 29.0 Å². The van der Waals surface area contributed by atoms with Gasteiger partial charge >= 0.3 is 11.9 Å². The standard InChI is InChI=1S/C19H25NO6/c1-12(2)16-15(9-10-25-13(3)21)20(17(16)22)18(23)19(24)26-11-14-7-5-4-6-8-14/h4-8,12,15-16,18,23H,9-11H2,1-3H3. The lowest BCUT2D eigenvalue weighted by atomic mass is 9.77. The zero-order valence-corrected chi connectivity index (χ0v) is 15.3. The molecule has 1 aromatic carbocycles. The fourth-order valence-electron chi connectivity index (χ4n) is 3.18. The molecule has 0 aromatic heterocycles. The summed E-state index contributed by atoms with van der Waals surface area (Å²) in [5, 5.41) is 10.3. The number of rotatable bonds is 8. The second-order valence-corrected chi connectivity index (χ2v) is 6.68. The Kier molecular flexibility index (Phi) is 6.74. The van der Waals surface area contributed by atoms with Gasteiger partial charge in [0.15, 0.2) is 0 Å². The number of likely N-dealkylation sites (tertiary alicyclic amines) is 1. The van der Waals surface area contributed by atoms with Gasteiger partial charge in [0.1, 0.15) is 6.61 Å². The smallest absolute Gasteiger partial charge is 0.356 e. The summed E-state index contributed by atoms with van der Waals surface area (Å²) in [4.78, 5) is 36.6. The van der Waals surface area contributed by atoms with Crippen molar-refractivity contribution in [1.29, 1.82) is 0 Å². The van der Waals surface area contributed by atoms with E-state index in [9.17, 15) is 19.5 Å². The van der Waals surface area contributed by atoms with Gasteiger partial charge in [-0.15, -0.1) is 0 Å². The maximum absolute atomic E-state index is 12.4. The third kappa shape index (κ3) is 4.60. The minimum absolute atomic E-state index is 0.0183. The van der Waals surface area contributed by atoms with Crippen molar-refractivity contribution in [2.75, 3.05) is 6.61 Å². The molecule has 3 unspecified atom stereocenters. The predicted molar refractivity (Wildman–Crippen MR) is 92.5 cm³/mol. The average Bonchev–Trinajstić information content (AvgIpc) is 2.59. The molecule has 0 bridgehead atoms. The maximum atomic E-state index is 12.4. The van der Waals surface area contributed by atoms with Gasteiger partial charge in [-0.05, 0) is 11.5 Å². The summed E-state index contributed by atoms with van der Waals surface area (Å²) in [5.41, 5.74) is 0.787. The predicted octanol–water partition coefficient (Wildman–Crippen LogP) is 1.48.